The number of aliphatic hydroxyl groups excluding tert-OH is 1. The fraction of sp³-hybridized carbons (Fsp3) is 1.00. The lowest BCUT2D eigenvalue weighted by atomic mass is 9.89. The number of aliphatic hydroxyl groups is 1. The van der Waals surface area contributed by atoms with Gasteiger partial charge in [-0.25, -0.2) is 0 Å². The lowest BCUT2D eigenvalue weighted by Crippen LogP contribution is -2.46. The minimum atomic E-state index is 0.313. The zero-order valence-electron chi connectivity index (χ0n) is 15.7. The van der Waals surface area contributed by atoms with E-state index in [1.807, 2.05) is 0 Å². The molecule has 0 aromatic rings. The lowest BCUT2D eigenvalue weighted by molar-refractivity contribution is -0.00112. The molecule has 2 aliphatic heterocycles. The minimum absolute atomic E-state index is 0.313. The van der Waals surface area contributed by atoms with Crippen molar-refractivity contribution in [2.24, 2.45) is 17.8 Å². The Labute approximate surface area is 143 Å². The topological polar surface area (TPSA) is 35.9 Å². The Bertz CT molecular complexity index is 327. The molecule has 2 saturated heterocycles. The van der Waals surface area contributed by atoms with Gasteiger partial charge >= 0.3 is 0 Å². The Morgan fingerprint density at radius 3 is 2.00 bits per heavy atom. The number of rotatable bonds is 7. The van der Waals surface area contributed by atoms with Crippen LogP contribution >= 0.6 is 0 Å². The molecule has 23 heavy (non-hydrogen) atoms. The molecule has 1 N–H and O–H groups in total. The van der Waals surface area contributed by atoms with Crippen molar-refractivity contribution in [3.63, 3.8) is 0 Å². The molecule has 136 valence electrons. The molecule has 2 atom stereocenters. The quantitative estimate of drug-likeness (QED) is 0.780. The molecule has 2 unspecified atom stereocenters. The lowest BCUT2D eigenvalue weighted by Gasteiger charge is -2.39. The summed E-state index contributed by atoms with van der Waals surface area (Å²) >= 11 is 0. The minimum Gasteiger partial charge on any atom is -0.396 e. The van der Waals surface area contributed by atoms with E-state index in [0.29, 0.717) is 30.5 Å². The molecule has 2 fully saturated rings. The van der Waals surface area contributed by atoms with Gasteiger partial charge in [-0.15, -0.1) is 0 Å². The number of ether oxygens (including phenoxy) is 1. The molecular weight excluding hydrogens is 288 g/mol. The summed E-state index contributed by atoms with van der Waals surface area (Å²) in [6.45, 7) is 15.8. The first-order valence-electron chi connectivity index (χ1n) is 9.66. The SMILES string of the molecule is CC(C)N1CCC(COCC2CC(CO)CN(C(C)C)C2)CC1. The second kappa shape index (κ2) is 9.36. The van der Waals surface area contributed by atoms with Gasteiger partial charge in [0.2, 0.25) is 0 Å². The Kier molecular flexibility index (Phi) is 7.80. The number of piperidine rings is 2. The molecule has 2 heterocycles. The van der Waals surface area contributed by atoms with Crippen molar-refractivity contribution in [1.82, 2.24) is 9.80 Å². The highest BCUT2D eigenvalue weighted by Gasteiger charge is 2.28. The van der Waals surface area contributed by atoms with Crippen LogP contribution in [-0.2, 0) is 4.74 Å². The molecule has 0 amide bonds. The summed E-state index contributed by atoms with van der Waals surface area (Å²) in [5.41, 5.74) is 0. The van der Waals surface area contributed by atoms with E-state index >= 15 is 0 Å². The van der Waals surface area contributed by atoms with Crippen molar-refractivity contribution in [3.05, 3.63) is 0 Å². The molecule has 2 rings (SSSR count). The Morgan fingerprint density at radius 2 is 1.43 bits per heavy atom. The smallest absolute Gasteiger partial charge is 0.0506 e. The summed E-state index contributed by atoms with van der Waals surface area (Å²) in [6, 6.07) is 1.24. The number of likely N-dealkylation sites (tertiary alicyclic amines) is 2. The largest absolute Gasteiger partial charge is 0.396 e. The zero-order valence-corrected chi connectivity index (χ0v) is 15.7. The molecular formula is C19H38N2O2. The summed E-state index contributed by atoms with van der Waals surface area (Å²) in [5, 5.41) is 9.54. The standard InChI is InChI=1S/C19H38N2O2/c1-15(2)20-7-5-17(6-8-20)13-23-14-19-9-18(12-22)10-21(11-19)16(3)4/h15-19,22H,5-14H2,1-4H3. The molecule has 0 bridgehead atoms. The van der Waals surface area contributed by atoms with E-state index in [9.17, 15) is 5.11 Å². The maximum Gasteiger partial charge on any atom is 0.0506 e. The van der Waals surface area contributed by atoms with Crippen LogP contribution in [0.4, 0.5) is 0 Å². The van der Waals surface area contributed by atoms with E-state index < -0.39 is 0 Å². The summed E-state index contributed by atoms with van der Waals surface area (Å²) in [7, 11) is 0. The van der Waals surface area contributed by atoms with Crippen molar-refractivity contribution in [1.29, 1.82) is 0 Å². The predicted molar refractivity (Wildman–Crippen MR) is 95.6 cm³/mol. The summed E-state index contributed by atoms with van der Waals surface area (Å²) < 4.78 is 6.10. The molecule has 0 aromatic heterocycles. The van der Waals surface area contributed by atoms with Crippen LogP contribution in [0.3, 0.4) is 0 Å². The third-order valence-electron chi connectivity index (χ3n) is 5.73. The number of hydrogen-bond donors (Lipinski definition) is 1. The van der Waals surface area contributed by atoms with Crippen molar-refractivity contribution in [3.8, 4) is 0 Å². The van der Waals surface area contributed by atoms with E-state index in [1.165, 1.54) is 25.9 Å². The number of hydrogen-bond acceptors (Lipinski definition) is 4. The molecule has 2 aliphatic rings. The highest BCUT2D eigenvalue weighted by atomic mass is 16.5. The molecule has 0 spiro atoms. The van der Waals surface area contributed by atoms with Crippen LogP contribution in [0, 0.1) is 17.8 Å². The fourth-order valence-electron chi connectivity index (χ4n) is 4.07. The van der Waals surface area contributed by atoms with Crippen LogP contribution in [0.5, 0.6) is 0 Å². The van der Waals surface area contributed by atoms with Gasteiger partial charge in [-0.1, -0.05) is 0 Å². The van der Waals surface area contributed by atoms with Gasteiger partial charge in [0, 0.05) is 38.4 Å². The fourth-order valence-corrected chi connectivity index (χ4v) is 4.07. The second-order valence-electron chi connectivity index (χ2n) is 8.31. The first-order valence-corrected chi connectivity index (χ1v) is 9.66. The Morgan fingerprint density at radius 1 is 0.870 bits per heavy atom. The maximum atomic E-state index is 9.54. The van der Waals surface area contributed by atoms with E-state index in [2.05, 4.69) is 37.5 Å². The monoisotopic (exact) mass is 326 g/mol. The van der Waals surface area contributed by atoms with Crippen LogP contribution in [-0.4, -0.2) is 73.0 Å². The van der Waals surface area contributed by atoms with E-state index in [0.717, 1.165) is 38.6 Å². The second-order valence-corrected chi connectivity index (χ2v) is 8.31. The van der Waals surface area contributed by atoms with Crippen molar-refractivity contribution in [2.75, 3.05) is 46.0 Å². The molecule has 4 heteroatoms. The summed E-state index contributed by atoms with van der Waals surface area (Å²) in [4.78, 5) is 5.07. The highest BCUT2D eigenvalue weighted by molar-refractivity contribution is 4.81. The van der Waals surface area contributed by atoms with Crippen LogP contribution in [0.1, 0.15) is 47.0 Å². The van der Waals surface area contributed by atoms with Gasteiger partial charge in [-0.05, 0) is 77.8 Å². The normalized spacial score (nSPS) is 28.8. The van der Waals surface area contributed by atoms with Gasteiger partial charge in [0.15, 0.2) is 0 Å². The van der Waals surface area contributed by atoms with Gasteiger partial charge in [-0.3, -0.25) is 0 Å². The van der Waals surface area contributed by atoms with Gasteiger partial charge in [0.05, 0.1) is 6.61 Å². The zero-order chi connectivity index (χ0) is 16.8. The Hall–Kier alpha value is -0.160. The molecule has 0 aliphatic carbocycles. The molecule has 0 radical (unpaired) electrons. The van der Waals surface area contributed by atoms with Crippen LogP contribution in [0.25, 0.3) is 0 Å². The third-order valence-corrected chi connectivity index (χ3v) is 5.73. The third kappa shape index (κ3) is 6.00. The van der Waals surface area contributed by atoms with Gasteiger partial charge in [-0.2, -0.15) is 0 Å². The first-order chi connectivity index (χ1) is 11.0. The first kappa shape index (κ1) is 19.2. The van der Waals surface area contributed by atoms with Crippen LogP contribution in [0.2, 0.25) is 0 Å². The summed E-state index contributed by atoms with van der Waals surface area (Å²) in [6.07, 6.45) is 3.67. The van der Waals surface area contributed by atoms with E-state index in [-0.39, 0.29) is 0 Å². The van der Waals surface area contributed by atoms with Gasteiger partial charge < -0.3 is 19.6 Å². The maximum absolute atomic E-state index is 9.54. The van der Waals surface area contributed by atoms with Crippen molar-refractivity contribution in [2.45, 2.75) is 59.0 Å². The average molecular weight is 327 g/mol. The number of nitrogens with zero attached hydrogens (tertiary/aromatic N) is 2. The summed E-state index contributed by atoms with van der Waals surface area (Å²) in [5.74, 6) is 1.75. The Balaban J connectivity index is 1.67. The van der Waals surface area contributed by atoms with Crippen molar-refractivity contribution < 1.29 is 9.84 Å². The predicted octanol–water partition coefficient (Wildman–Crippen LogP) is 2.46. The van der Waals surface area contributed by atoms with Crippen LogP contribution < -0.4 is 0 Å². The molecule has 4 nitrogen and oxygen atoms in total. The van der Waals surface area contributed by atoms with E-state index in [1.54, 1.807) is 0 Å². The van der Waals surface area contributed by atoms with Crippen molar-refractivity contribution >= 4 is 0 Å². The van der Waals surface area contributed by atoms with E-state index in [4.69, 9.17) is 4.74 Å². The van der Waals surface area contributed by atoms with Crippen LogP contribution in [0.15, 0.2) is 0 Å². The molecule has 0 aromatic carbocycles. The average Bonchev–Trinajstić information content (AvgIpc) is 2.55. The highest BCUT2D eigenvalue weighted by Crippen LogP contribution is 2.24. The molecule has 0 saturated carbocycles. The van der Waals surface area contributed by atoms with Gasteiger partial charge in [0.25, 0.3) is 0 Å². The van der Waals surface area contributed by atoms with Gasteiger partial charge in [0.1, 0.15) is 0 Å².